The van der Waals surface area contributed by atoms with Gasteiger partial charge >= 0.3 is 0 Å². The average Bonchev–Trinajstić information content (AvgIpc) is 3.46. The molecule has 9 nitrogen and oxygen atoms in total. The molecule has 0 saturated carbocycles. The first-order valence-corrected chi connectivity index (χ1v) is 14.5. The molecule has 1 fully saturated rings. The van der Waals surface area contributed by atoms with E-state index in [-0.39, 0.29) is 11.7 Å². The van der Waals surface area contributed by atoms with Crippen molar-refractivity contribution >= 4 is 12.2 Å². The molecule has 1 saturated heterocycles. The first kappa shape index (κ1) is 34.6. The minimum atomic E-state index is 0.126. The smallest absolute Gasteiger partial charge is 0.254 e. The molecular weight excluding hydrogens is 534 g/mol. The minimum Gasteiger partial charge on any atom is -0.504 e. The molecule has 2 aliphatic heterocycles. The zero-order chi connectivity index (χ0) is 31.1. The van der Waals surface area contributed by atoms with E-state index in [1.54, 1.807) is 20.3 Å². The fraction of sp³-hybridized carbons (Fsp3) is 0.515. The highest BCUT2D eigenvalue weighted by Crippen LogP contribution is 2.29. The lowest BCUT2D eigenvalue weighted by molar-refractivity contribution is -0.106. The molecule has 2 heterocycles. The maximum Gasteiger partial charge on any atom is 0.254 e. The van der Waals surface area contributed by atoms with E-state index in [0.29, 0.717) is 43.4 Å². The van der Waals surface area contributed by atoms with E-state index in [1.165, 1.54) is 18.1 Å². The number of amides is 1. The van der Waals surface area contributed by atoms with Gasteiger partial charge in [0.2, 0.25) is 0 Å². The summed E-state index contributed by atoms with van der Waals surface area (Å²) in [5.74, 6) is 1.54. The standard InChI is InChI=1S/C18H25N3O3.C13H20O2.C2H4O/c1-14(24-11-10-23-2)20-6-8-21(9-7-20)18(22)16-5-3-4-15-12-19-13-17(15)16;1-13(2,3)8-7-10-5-6-11(14)12(9-10)15-4;1-2-3/h3-5,19H,1,6-13H2,2H3;5-6,9,14H,7-8H2,1-4H3;2H,1H3. The third-order valence-electron chi connectivity index (χ3n) is 7.00. The number of benzene rings is 2. The van der Waals surface area contributed by atoms with Crippen molar-refractivity contribution in [3.05, 3.63) is 71.1 Å². The number of methoxy groups -OCH3 is 2. The zero-order valence-corrected chi connectivity index (χ0v) is 26.2. The minimum absolute atomic E-state index is 0.126. The topological polar surface area (TPSA) is 101 Å². The van der Waals surface area contributed by atoms with Crippen LogP contribution in [0, 0.1) is 5.41 Å². The van der Waals surface area contributed by atoms with Crippen LogP contribution in [-0.4, -0.2) is 80.7 Å². The molecule has 0 atom stereocenters. The van der Waals surface area contributed by atoms with E-state index in [2.05, 4.69) is 43.6 Å². The molecule has 0 aromatic heterocycles. The van der Waals surface area contributed by atoms with Gasteiger partial charge in [0.25, 0.3) is 5.91 Å². The Hall–Kier alpha value is -3.56. The number of aryl methyl sites for hydroxylation is 1. The second-order valence-electron chi connectivity index (χ2n) is 11.4. The van der Waals surface area contributed by atoms with E-state index < -0.39 is 0 Å². The first-order chi connectivity index (χ1) is 20.0. The molecule has 0 aliphatic carbocycles. The van der Waals surface area contributed by atoms with Crippen molar-refractivity contribution in [2.24, 2.45) is 5.41 Å². The fourth-order valence-corrected chi connectivity index (χ4v) is 4.59. The molecule has 2 aromatic carbocycles. The second-order valence-corrected chi connectivity index (χ2v) is 11.4. The fourth-order valence-electron chi connectivity index (χ4n) is 4.59. The highest BCUT2D eigenvalue weighted by molar-refractivity contribution is 5.96. The van der Waals surface area contributed by atoms with Gasteiger partial charge in [-0.3, -0.25) is 4.79 Å². The maximum absolute atomic E-state index is 12.9. The van der Waals surface area contributed by atoms with Crippen molar-refractivity contribution in [3.63, 3.8) is 0 Å². The molecule has 2 N–H and O–H groups in total. The summed E-state index contributed by atoms with van der Waals surface area (Å²) < 4.78 is 15.6. The molecule has 0 spiro atoms. The number of carbonyl (C=O) groups is 2. The first-order valence-electron chi connectivity index (χ1n) is 14.5. The van der Waals surface area contributed by atoms with Gasteiger partial charge in [-0.2, -0.15) is 0 Å². The van der Waals surface area contributed by atoms with Crippen molar-refractivity contribution < 1.29 is 28.9 Å². The average molecular weight is 584 g/mol. The van der Waals surface area contributed by atoms with Crippen molar-refractivity contribution in [3.8, 4) is 11.5 Å². The lowest BCUT2D eigenvalue weighted by Crippen LogP contribution is -2.48. The van der Waals surface area contributed by atoms with Gasteiger partial charge < -0.3 is 39.2 Å². The number of aromatic hydroxyl groups is 1. The van der Waals surface area contributed by atoms with Gasteiger partial charge in [0.15, 0.2) is 17.4 Å². The number of nitrogens with one attached hydrogen (secondary N) is 1. The number of hydrogen-bond donors (Lipinski definition) is 2. The Bertz CT molecular complexity index is 1150. The highest BCUT2D eigenvalue weighted by atomic mass is 16.5. The number of ether oxygens (including phenoxy) is 3. The zero-order valence-electron chi connectivity index (χ0n) is 26.2. The SMILES string of the molecule is C=C(OCCOC)N1CCN(C(=O)c2cccc3c2CNC3)CC1.CC=O.COc1cc(CCC(C)(C)C)ccc1O. The van der Waals surface area contributed by atoms with Gasteiger partial charge in [-0.15, -0.1) is 0 Å². The Morgan fingerprint density at radius 2 is 1.71 bits per heavy atom. The largest absolute Gasteiger partial charge is 0.504 e. The van der Waals surface area contributed by atoms with Gasteiger partial charge in [-0.1, -0.05) is 39.0 Å². The van der Waals surface area contributed by atoms with Crippen LogP contribution >= 0.6 is 0 Å². The van der Waals surface area contributed by atoms with Crippen LogP contribution in [0.5, 0.6) is 11.5 Å². The normalized spacial score (nSPS) is 14.0. The van der Waals surface area contributed by atoms with Gasteiger partial charge in [0.1, 0.15) is 12.9 Å². The number of fused-ring (bicyclic) bond motifs is 1. The summed E-state index contributed by atoms with van der Waals surface area (Å²) in [4.78, 5) is 25.7. The number of piperazine rings is 1. The molecule has 1 amide bonds. The van der Waals surface area contributed by atoms with Crippen LogP contribution in [0.1, 0.15) is 61.2 Å². The van der Waals surface area contributed by atoms with Crippen LogP contribution in [0.25, 0.3) is 0 Å². The van der Waals surface area contributed by atoms with E-state index >= 15 is 0 Å². The summed E-state index contributed by atoms with van der Waals surface area (Å²) in [5.41, 5.74) is 4.77. The molecule has 0 unspecified atom stereocenters. The molecule has 0 radical (unpaired) electrons. The van der Waals surface area contributed by atoms with Crippen molar-refractivity contribution in [2.75, 3.05) is 53.6 Å². The summed E-state index contributed by atoms with van der Waals surface area (Å²) in [6.07, 6.45) is 2.89. The summed E-state index contributed by atoms with van der Waals surface area (Å²) >= 11 is 0. The van der Waals surface area contributed by atoms with Crippen molar-refractivity contribution in [2.45, 2.75) is 53.6 Å². The number of aldehydes is 1. The maximum atomic E-state index is 12.9. The second kappa shape index (κ2) is 17.4. The van der Waals surface area contributed by atoms with Gasteiger partial charge in [-0.25, -0.2) is 0 Å². The summed E-state index contributed by atoms with van der Waals surface area (Å²) in [6, 6.07) is 11.5. The Labute approximate surface area is 251 Å². The Morgan fingerprint density at radius 3 is 2.33 bits per heavy atom. The summed E-state index contributed by atoms with van der Waals surface area (Å²) in [6.45, 7) is 17.6. The number of phenolic OH excluding ortho intramolecular Hbond substituents is 1. The third kappa shape index (κ3) is 11.0. The molecule has 4 rings (SSSR count). The van der Waals surface area contributed by atoms with Crippen LogP contribution < -0.4 is 10.1 Å². The highest BCUT2D eigenvalue weighted by Gasteiger charge is 2.26. The van der Waals surface area contributed by atoms with E-state index in [4.69, 9.17) is 19.0 Å². The Kier molecular flexibility index (Phi) is 14.4. The molecule has 42 heavy (non-hydrogen) atoms. The van der Waals surface area contributed by atoms with E-state index in [9.17, 15) is 9.90 Å². The van der Waals surface area contributed by atoms with Gasteiger partial charge in [0.05, 0.1) is 13.7 Å². The quantitative estimate of drug-likeness (QED) is 0.248. The molecule has 9 heteroatoms. The van der Waals surface area contributed by atoms with E-state index in [1.807, 2.05) is 29.2 Å². The molecule has 2 aliphatic rings. The number of carbonyl (C=O) groups excluding carboxylic acids is 2. The predicted octanol–water partition coefficient (Wildman–Crippen LogP) is 4.77. The van der Waals surface area contributed by atoms with Crippen LogP contribution in [-0.2, 0) is 33.8 Å². The van der Waals surface area contributed by atoms with Gasteiger partial charge in [0, 0.05) is 51.9 Å². The molecule has 0 bridgehead atoms. The number of hydrogen-bond acceptors (Lipinski definition) is 8. The van der Waals surface area contributed by atoms with E-state index in [0.717, 1.165) is 56.4 Å². The number of phenols is 1. The van der Waals surface area contributed by atoms with Crippen molar-refractivity contribution in [1.29, 1.82) is 0 Å². The van der Waals surface area contributed by atoms with Crippen LogP contribution in [0.3, 0.4) is 0 Å². The van der Waals surface area contributed by atoms with Crippen LogP contribution in [0.15, 0.2) is 48.9 Å². The third-order valence-corrected chi connectivity index (χ3v) is 7.00. The monoisotopic (exact) mass is 583 g/mol. The predicted molar refractivity (Wildman–Crippen MR) is 166 cm³/mol. The Balaban J connectivity index is 0.000000294. The van der Waals surface area contributed by atoms with Gasteiger partial charge in [-0.05, 0) is 66.6 Å². The van der Waals surface area contributed by atoms with Crippen molar-refractivity contribution in [1.82, 2.24) is 15.1 Å². The van der Waals surface area contributed by atoms with Crippen LogP contribution in [0.2, 0.25) is 0 Å². The summed E-state index contributed by atoms with van der Waals surface area (Å²) in [7, 11) is 3.22. The molecule has 232 valence electrons. The lowest BCUT2D eigenvalue weighted by atomic mass is 9.89. The van der Waals surface area contributed by atoms with Crippen LogP contribution in [0.4, 0.5) is 0 Å². The molecular formula is C33H49N3O6. The Morgan fingerprint density at radius 1 is 1.05 bits per heavy atom. The lowest BCUT2D eigenvalue weighted by Gasteiger charge is -2.36. The molecule has 2 aromatic rings. The number of nitrogens with zero attached hydrogens (tertiary/aromatic N) is 2. The summed E-state index contributed by atoms with van der Waals surface area (Å²) in [5, 5.41) is 12.8. The number of rotatable bonds is 9.